The van der Waals surface area contributed by atoms with E-state index < -0.39 is 0 Å². The van der Waals surface area contributed by atoms with E-state index in [1.807, 2.05) is 0 Å². The number of likely N-dealkylation sites (tertiary alicyclic amines) is 1. The van der Waals surface area contributed by atoms with Crippen molar-refractivity contribution in [1.82, 2.24) is 20.0 Å². The van der Waals surface area contributed by atoms with Gasteiger partial charge in [-0.3, -0.25) is 9.89 Å². The summed E-state index contributed by atoms with van der Waals surface area (Å²) in [6.07, 6.45) is 6.99. The van der Waals surface area contributed by atoms with Crippen LogP contribution in [0.3, 0.4) is 0 Å². The molecule has 0 amide bonds. The second kappa shape index (κ2) is 13.5. The van der Waals surface area contributed by atoms with Crippen LogP contribution in [0.25, 0.3) is 6.08 Å². The molecular formula is C25H41N5O. The Bertz CT molecular complexity index is 662. The standard InChI is InChI=1S/C25H41N5O/c1-3-26-25(27-22-24-11-14-29(15-12-24)20-21-31-2)30-18-16-28(17-19-30)13-7-10-23-8-5-4-6-9-23/h4-10,24H,3,11-22H2,1-2H3,(H,26,27)/b10-7+. The lowest BCUT2D eigenvalue weighted by Gasteiger charge is -2.36. The third-order valence-corrected chi connectivity index (χ3v) is 6.30. The van der Waals surface area contributed by atoms with Crippen LogP contribution in [-0.2, 0) is 4.74 Å². The molecule has 0 aromatic heterocycles. The first-order valence-electron chi connectivity index (χ1n) is 12.0. The molecule has 0 unspecified atom stereocenters. The summed E-state index contributed by atoms with van der Waals surface area (Å²) in [5.41, 5.74) is 1.27. The Hall–Kier alpha value is -1.89. The zero-order valence-corrected chi connectivity index (χ0v) is 19.5. The minimum Gasteiger partial charge on any atom is -0.383 e. The molecule has 1 aromatic carbocycles. The molecule has 2 heterocycles. The second-order valence-corrected chi connectivity index (χ2v) is 8.57. The number of ether oxygens (including phenoxy) is 1. The Morgan fingerprint density at radius 1 is 1.06 bits per heavy atom. The molecule has 1 aromatic rings. The summed E-state index contributed by atoms with van der Waals surface area (Å²) in [6, 6.07) is 10.5. The average molecular weight is 428 g/mol. The molecule has 6 nitrogen and oxygen atoms in total. The Morgan fingerprint density at radius 3 is 2.48 bits per heavy atom. The summed E-state index contributed by atoms with van der Waals surface area (Å²) in [6.45, 7) is 13.5. The third-order valence-electron chi connectivity index (χ3n) is 6.30. The first-order valence-corrected chi connectivity index (χ1v) is 12.0. The van der Waals surface area contributed by atoms with Crippen molar-refractivity contribution >= 4 is 12.0 Å². The van der Waals surface area contributed by atoms with E-state index >= 15 is 0 Å². The van der Waals surface area contributed by atoms with Crippen molar-refractivity contribution in [2.24, 2.45) is 10.9 Å². The van der Waals surface area contributed by atoms with Crippen LogP contribution < -0.4 is 5.32 Å². The van der Waals surface area contributed by atoms with Gasteiger partial charge in [0.05, 0.1) is 6.61 Å². The van der Waals surface area contributed by atoms with Crippen molar-refractivity contribution in [3.05, 3.63) is 42.0 Å². The SMILES string of the molecule is CCNC(=NCC1CCN(CCOC)CC1)N1CCN(C/C=C/c2ccccc2)CC1. The first kappa shape index (κ1) is 23.8. The van der Waals surface area contributed by atoms with Crippen LogP contribution in [0.2, 0.25) is 0 Å². The number of hydrogen-bond acceptors (Lipinski definition) is 4. The van der Waals surface area contributed by atoms with Gasteiger partial charge < -0.3 is 19.9 Å². The van der Waals surface area contributed by atoms with Crippen molar-refractivity contribution in [3.8, 4) is 0 Å². The zero-order chi connectivity index (χ0) is 21.7. The Balaban J connectivity index is 1.41. The summed E-state index contributed by atoms with van der Waals surface area (Å²) < 4.78 is 5.21. The topological polar surface area (TPSA) is 43.3 Å². The Labute approximate surface area is 189 Å². The maximum absolute atomic E-state index is 5.21. The number of aliphatic imine (C=N–C) groups is 1. The minimum atomic E-state index is 0.705. The van der Waals surface area contributed by atoms with Crippen molar-refractivity contribution in [2.45, 2.75) is 19.8 Å². The van der Waals surface area contributed by atoms with Crippen LogP contribution in [0, 0.1) is 5.92 Å². The van der Waals surface area contributed by atoms with E-state index in [0.717, 1.165) is 64.9 Å². The molecule has 0 radical (unpaired) electrons. The van der Waals surface area contributed by atoms with Crippen molar-refractivity contribution in [3.63, 3.8) is 0 Å². The van der Waals surface area contributed by atoms with Gasteiger partial charge in [0.15, 0.2) is 5.96 Å². The molecule has 0 atom stereocenters. The van der Waals surface area contributed by atoms with Gasteiger partial charge in [-0.25, -0.2) is 0 Å². The molecule has 3 rings (SSSR count). The third kappa shape index (κ3) is 8.28. The van der Waals surface area contributed by atoms with Gasteiger partial charge in [0.1, 0.15) is 0 Å². The molecule has 0 spiro atoms. The van der Waals surface area contributed by atoms with Crippen molar-refractivity contribution in [2.75, 3.05) is 79.2 Å². The molecule has 2 aliphatic rings. The van der Waals surface area contributed by atoms with Gasteiger partial charge in [0, 0.05) is 59.5 Å². The van der Waals surface area contributed by atoms with Crippen molar-refractivity contribution in [1.29, 1.82) is 0 Å². The Kier molecular flexibility index (Phi) is 10.4. The maximum atomic E-state index is 5.21. The number of guanidine groups is 1. The maximum Gasteiger partial charge on any atom is 0.194 e. The Morgan fingerprint density at radius 2 is 1.81 bits per heavy atom. The first-order chi connectivity index (χ1) is 15.3. The molecule has 2 saturated heterocycles. The largest absolute Gasteiger partial charge is 0.383 e. The fourth-order valence-electron chi connectivity index (χ4n) is 4.30. The lowest BCUT2D eigenvalue weighted by molar-refractivity contribution is 0.121. The van der Waals surface area contributed by atoms with Crippen molar-refractivity contribution < 1.29 is 4.74 Å². The zero-order valence-electron chi connectivity index (χ0n) is 19.5. The normalized spacial score (nSPS) is 19.9. The summed E-state index contributed by atoms with van der Waals surface area (Å²) in [4.78, 5) is 12.5. The number of hydrogen-bond donors (Lipinski definition) is 1. The number of rotatable bonds is 9. The van der Waals surface area contributed by atoms with E-state index in [0.29, 0.717) is 5.92 Å². The van der Waals surface area contributed by atoms with Crippen LogP contribution in [0.5, 0.6) is 0 Å². The van der Waals surface area contributed by atoms with Crippen LogP contribution >= 0.6 is 0 Å². The smallest absolute Gasteiger partial charge is 0.194 e. The van der Waals surface area contributed by atoms with E-state index in [2.05, 4.69) is 69.4 Å². The highest BCUT2D eigenvalue weighted by molar-refractivity contribution is 5.80. The molecule has 6 heteroatoms. The fraction of sp³-hybridized carbons (Fsp3) is 0.640. The van der Waals surface area contributed by atoms with E-state index in [9.17, 15) is 0 Å². The fourth-order valence-corrected chi connectivity index (χ4v) is 4.30. The van der Waals surface area contributed by atoms with Gasteiger partial charge in [0.2, 0.25) is 0 Å². The molecule has 31 heavy (non-hydrogen) atoms. The van der Waals surface area contributed by atoms with E-state index in [1.54, 1.807) is 7.11 Å². The average Bonchev–Trinajstić information content (AvgIpc) is 2.82. The second-order valence-electron chi connectivity index (χ2n) is 8.57. The molecule has 1 N–H and O–H groups in total. The van der Waals surface area contributed by atoms with Gasteiger partial charge in [-0.1, -0.05) is 42.5 Å². The number of piperazine rings is 1. The van der Waals surface area contributed by atoms with E-state index in [4.69, 9.17) is 9.73 Å². The van der Waals surface area contributed by atoms with Crippen LogP contribution in [0.4, 0.5) is 0 Å². The molecule has 2 fully saturated rings. The lowest BCUT2D eigenvalue weighted by Crippen LogP contribution is -2.52. The van der Waals surface area contributed by atoms with Gasteiger partial charge in [-0.2, -0.15) is 0 Å². The molecular weight excluding hydrogens is 386 g/mol. The highest BCUT2D eigenvalue weighted by Gasteiger charge is 2.21. The van der Waals surface area contributed by atoms with Crippen LogP contribution in [0.1, 0.15) is 25.3 Å². The molecule has 0 saturated carbocycles. The van der Waals surface area contributed by atoms with Gasteiger partial charge >= 0.3 is 0 Å². The number of nitrogens with zero attached hydrogens (tertiary/aromatic N) is 4. The molecule has 0 bridgehead atoms. The minimum absolute atomic E-state index is 0.705. The molecule has 172 valence electrons. The van der Waals surface area contributed by atoms with Crippen LogP contribution in [-0.4, -0.2) is 99.8 Å². The summed E-state index contributed by atoms with van der Waals surface area (Å²) >= 11 is 0. The summed E-state index contributed by atoms with van der Waals surface area (Å²) in [5.74, 6) is 1.81. The highest BCUT2D eigenvalue weighted by atomic mass is 16.5. The van der Waals surface area contributed by atoms with E-state index in [-0.39, 0.29) is 0 Å². The van der Waals surface area contributed by atoms with Gasteiger partial charge in [0.25, 0.3) is 0 Å². The molecule has 0 aliphatic carbocycles. The predicted octanol–water partition coefficient (Wildman–Crippen LogP) is 2.64. The summed E-state index contributed by atoms with van der Waals surface area (Å²) in [7, 11) is 1.78. The number of methoxy groups -OCH3 is 1. The van der Waals surface area contributed by atoms with E-state index in [1.165, 1.54) is 31.5 Å². The molecule has 2 aliphatic heterocycles. The van der Waals surface area contributed by atoms with Gasteiger partial charge in [-0.15, -0.1) is 0 Å². The number of piperidine rings is 1. The number of benzene rings is 1. The monoisotopic (exact) mass is 427 g/mol. The predicted molar refractivity (Wildman–Crippen MR) is 131 cm³/mol. The van der Waals surface area contributed by atoms with Gasteiger partial charge in [-0.05, 0) is 44.3 Å². The number of nitrogens with one attached hydrogen (secondary N) is 1. The quantitative estimate of drug-likeness (QED) is 0.485. The highest BCUT2D eigenvalue weighted by Crippen LogP contribution is 2.17. The van der Waals surface area contributed by atoms with Crippen LogP contribution in [0.15, 0.2) is 41.4 Å². The summed E-state index contributed by atoms with van der Waals surface area (Å²) in [5, 5.41) is 3.52. The lowest BCUT2D eigenvalue weighted by atomic mass is 9.97.